The number of hydrogen-bond acceptors (Lipinski definition) is 3. The number of nitriles is 1. The Kier molecular flexibility index (Phi) is 4.17. The first-order valence-corrected chi connectivity index (χ1v) is 6.65. The minimum absolute atomic E-state index is 0.305. The number of furan rings is 1. The number of hydrogen-bond donors (Lipinski definition) is 0. The van der Waals surface area contributed by atoms with E-state index in [9.17, 15) is 10.1 Å². The van der Waals surface area contributed by atoms with Crippen LogP contribution in [0.3, 0.4) is 0 Å². The Morgan fingerprint density at radius 2 is 1.95 bits per heavy atom. The van der Waals surface area contributed by atoms with Crippen LogP contribution in [0.25, 0.3) is 0 Å². The zero-order valence-corrected chi connectivity index (χ0v) is 12.4. The van der Waals surface area contributed by atoms with Crippen LogP contribution in [0.2, 0.25) is 10.0 Å². The molecular weight excluding hydrogens is 297 g/mol. The molecule has 0 aliphatic heterocycles. The van der Waals surface area contributed by atoms with Crippen LogP contribution in [-0.4, -0.2) is 5.78 Å². The maximum absolute atomic E-state index is 12.4. The van der Waals surface area contributed by atoms with Crippen molar-refractivity contribution in [1.82, 2.24) is 0 Å². The summed E-state index contributed by atoms with van der Waals surface area (Å²) in [7, 11) is 0. The second-order valence-electron chi connectivity index (χ2n) is 4.43. The van der Waals surface area contributed by atoms with Gasteiger partial charge in [-0.2, -0.15) is 5.26 Å². The van der Waals surface area contributed by atoms with Crippen LogP contribution in [0.5, 0.6) is 0 Å². The number of benzene rings is 1. The Bertz CT molecular complexity index is 713. The Morgan fingerprint density at radius 1 is 1.25 bits per heavy atom. The van der Waals surface area contributed by atoms with Gasteiger partial charge in [-0.3, -0.25) is 4.79 Å². The first-order valence-electron chi connectivity index (χ1n) is 5.90. The normalized spacial score (nSPS) is 11.9. The quantitative estimate of drug-likeness (QED) is 0.773. The number of halogens is 2. The Balaban J connectivity index is 2.42. The number of rotatable bonds is 3. The molecule has 5 heteroatoms. The van der Waals surface area contributed by atoms with Crippen LogP contribution in [-0.2, 0) is 0 Å². The first kappa shape index (κ1) is 14.6. The van der Waals surface area contributed by atoms with Gasteiger partial charge in [0, 0.05) is 0 Å². The molecule has 0 saturated carbocycles. The highest BCUT2D eigenvalue weighted by Crippen LogP contribution is 2.29. The number of Topliss-reactive ketones (excluding diaryl/α,β-unsaturated/α-hetero) is 1. The average Bonchev–Trinajstić information content (AvgIpc) is 2.73. The Labute approximate surface area is 126 Å². The molecule has 1 atom stereocenters. The largest absolute Gasteiger partial charge is 0.466 e. The van der Waals surface area contributed by atoms with E-state index in [0.29, 0.717) is 32.7 Å². The molecular formula is C15H11Cl2NO2. The number of nitrogens with zero attached hydrogens (tertiary/aromatic N) is 1. The monoisotopic (exact) mass is 307 g/mol. The molecule has 0 spiro atoms. The van der Waals surface area contributed by atoms with E-state index in [4.69, 9.17) is 27.6 Å². The number of aryl methyl sites for hydroxylation is 2. The number of carbonyl (C=O) groups is 1. The topological polar surface area (TPSA) is 54.0 Å². The van der Waals surface area contributed by atoms with E-state index in [1.165, 1.54) is 6.07 Å². The van der Waals surface area contributed by atoms with Crippen LogP contribution < -0.4 is 0 Å². The molecule has 2 rings (SSSR count). The highest BCUT2D eigenvalue weighted by molar-refractivity contribution is 6.42. The van der Waals surface area contributed by atoms with Crippen molar-refractivity contribution < 1.29 is 9.21 Å². The molecule has 0 amide bonds. The van der Waals surface area contributed by atoms with Crippen LogP contribution in [0.1, 0.15) is 33.4 Å². The summed E-state index contributed by atoms with van der Waals surface area (Å²) in [6.45, 7) is 3.45. The van der Waals surface area contributed by atoms with E-state index in [-0.39, 0.29) is 5.78 Å². The Morgan fingerprint density at radius 3 is 2.45 bits per heavy atom. The van der Waals surface area contributed by atoms with E-state index in [0.717, 1.165) is 0 Å². The summed E-state index contributed by atoms with van der Waals surface area (Å²) < 4.78 is 5.33. The van der Waals surface area contributed by atoms with E-state index >= 15 is 0 Å². The first-order chi connectivity index (χ1) is 9.43. The lowest BCUT2D eigenvalue weighted by Gasteiger charge is -2.09. The minimum Gasteiger partial charge on any atom is -0.466 e. The van der Waals surface area contributed by atoms with Gasteiger partial charge in [0.15, 0.2) is 5.78 Å². The SMILES string of the molecule is Cc1cc(C(=O)C(C#N)c2ccc(Cl)c(Cl)c2)c(C)o1. The van der Waals surface area contributed by atoms with Gasteiger partial charge < -0.3 is 4.42 Å². The van der Waals surface area contributed by atoms with E-state index < -0.39 is 5.92 Å². The number of ketones is 1. The molecule has 1 aromatic carbocycles. The molecule has 0 radical (unpaired) electrons. The van der Waals surface area contributed by atoms with Gasteiger partial charge in [-0.25, -0.2) is 0 Å². The predicted octanol–water partition coefficient (Wildman–Crippen LogP) is 4.69. The zero-order chi connectivity index (χ0) is 14.9. The van der Waals surface area contributed by atoms with Crippen molar-refractivity contribution in [1.29, 1.82) is 5.26 Å². The molecule has 3 nitrogen and oxygen atoms in total. The maximum Gasteiger partial charge on any atom is 0.187 e. The van der Waals surface area contributed by atoms with Gasteiger partial charge in [-0.15, -0.1) is 0 Å². The summed E-state index contributed by atoms with van der Waals surface area (Å²) in [5.41, 5.74) is 0.935. The standard InChI is InChI=1S/C15H11Cl2NO2/c1-8-5-11(9(2)20-8)15(19)12(7-18)10-3-4-13(16)14(17)6-10/h3-6,12H,1-2H3. The molecule has 0 aliphatic rings. The predicted molar refractivity (Wildman–Crippen MR) is 77.3 cm³/mol. The molecule has 2 aromatic rings. The summed E-state index contributed by atoms with van der Waals surface area (Å²) in [4.78, 5) is 12.4. The van der Waals surface area contributed by atoms with Gasteiger partial charge in [-0.1, -0.05) is 29.3 Å². The molecule has 0 N–H and O–H groups in total. The second kappa shape index (κ2) is 5.70. The maximum atomic E-state index is 12.4. The smallest absolute Gasteiger partial charge is 0.187 e. The summed E-state index contributed by atoms with van der Waals surface area (Å²) in [5.74, 6) is -0.0924. The molecule has 1 unspecified atom stereocenters. The van der Waals surface area contributed by atoms with Crippen molar-refractivity contribution in [2.45, 2.75) is 19.8 Å². The molecule has 0 fully saturated rings. The third kappa shape index (κ3) is 2.72. The molecule has 20 heavy (non-hydrogen) atoms. The number of carbonyl (C=O) groups excluding carboxylic acids is 1. The highest BCUT2D eigenvalue weighted by Gasteiger charge is 2.25. The van der Waals surface area contributed by atoms with E-state index in [1.807, 2.05) is 6.07 Å². The van der Waals surface area contributed by atoms with Crippen molar-refractivity contribution in [2.75, 3.05) is 0 Å². The Hall–Kier alpha value is -1.76. The molecule has 1 aromatic heterocycles. The lowest BCUT2D eigenvalue weighted by Crippen LogP contribution is -2.11. The summed E-state index contributed by atoms with van der Waals surface area (Å²) >= 11 is 11.8. The van der Waals surface area contributed by atoms with Crippen molar-refractivity contribution >= 4 is 29.0 Å². The van der Waals surface area contributed by atoms with Crippen molar-refractivity contribution in [3.05, 3.63) is 57.0 Å². The van der Waals surface area contributed by atoms with Crippen LogP contribution >= 0.6 is 23.2 Å². The molecule has 0 saturated heterocycles. The fraction of sp³-hybridized carbons (Fsp3) is 0.200. The fourth-order valence-corrected chi connectivity index (χ4v) is 2.31. The van der Waals surface area contributed by atoms with Crippen molar-refractivity contribution in [2.24, 2.45) is 0 Å². The van der Waals surface area contributed by atoms with Gasteiger partial charge >= 0.3 is 0 Å². The highest BCUT2D eigenvalue weighted by atomic mass is 35.5. The van der Waals surface area contributed by atoms with Gasteiger partial charge in [0.05, 0.1) is 21.7 Å². The third-order valence-corrected chi connectivity index (χ3v) is 3.71. The van der Waals surface area contributed by atoms with Crippen molar-refractivity contribution in [3.8, 4) is 6.07 Å². The fourth-order valence-electron chi connectivity index (χ4n) is 2.01. The zero-order valence-electron chi connectivity index (χ0n) is 10.9. The van der Waals surface area contributed by atoms with Gasteiger partial charge in [-0.05, 0) is 37.6 Å². The summed E-state index contributed by atoms with van der Waals surface area (Å²) in [6.07, 6.45) is 0. The third-order valence-electron chi connectivity index (χ3n) is 2.97. The average molecular weight is 308 g/mol. The minimum atomic E-state index is -0.930. The second-order valence-corrected chi connectivity index (χ2v) is 5.24. The van der Waals surface area contributed by atoms with Crippen LogP contribution in [0.15, 0.2) is 28.7 Å². The van der Waals surface area contributed by atoms with Crippen molar-refractivity contribution in [3.63, 3.8) is 0 Å². The van der Waals surface area contributed by atoms with Crippen LogP contribution in [0.4, 0.5) is 0 Å². The summed E-state index contributed by atoms with van der Waals surface area (Å²) in [6, 6.07) is 8.39. The molecule has 1 heterocycles. The lowest BCUT2D eigenvalue weighted by atomic mass is 9.92. The van der Waals surface area contributed by atoms with E-state index in [1.54, 1.807) is 32.0 Å². The van der Waals surface area contributed by atoms with Gasteiger partial charge in [0.25, 0.3) is 0 Å². The lowest BCUT2D eigenvalue weighted by molar-refractivity contribution is 0.0977. The van der Waals surface area contributed by atoms with Gasteiger partial charge in [0.1, 0.15) is 17.4 Å². The molecule has 102 valence electrons. The molecule has 0 bridgehead atoms. The van der Waals surface area contributed by atoms with Gasteiger partial charge in [0.2, 0.25) is 0 Å². The summed E-state index contributed by atoms with van der Waals surface area (Å²) in [5, 5.41) is 9.99. The molecule has 0 aliphatic carbocycles. The van der Waals surface area contributed by atoms with Crippen LogP contribution in [0, 0.1) is 25.2 Å². The van der Waals surface area contributed by atoms with E-state index in [2.05, 4.69) is 0 Å².